The lowest BCUT2D eigenvalue weighted by molar-refractivity contribution is -0.141. The van der Waals surface area contributed by atoms with Gasteiger partial charge in [-0.3, -0.25) is 4.68 Å². The van der Waals surface area contributed by atoms with Crippen molar-refractivity contribution < 1.29 is 17.9 Å². The third kappa shape index (κ3) is 3.72. The minimum absolute atomic E-state index is 0.175. The molecule has 1 aliphatic heterocycles. The Morgan fingerprint density at radius 2 is 2.04 bits per heavy atom. The molecule has 0 N–H and O–H groups in total. The monoisotopic (exact) mass is 474 g/mol. The summed E-state index contributed by atoms with van der Waals surface area (Å²) in [6, 6.07) is 1.61. The van der Waals surface area contributed by atoms with E-state index in [4.69, 9.17) is 16.3 Å². The smallest absolute Gasteiger partial charge is 0.381 e. The molecule has 3 rings (SSSR count). The van der Waals surface area contributed by atoms with Crippen molar-refractivity contribution in [3.63, 3.8) is 0 Å². The van der Waals surface area contributed by atoms with Crippen molar-refractivity contribution in [2.75, 3.05) is 25.1 Å². The standard InChI is InChI=1S/C14H15ClF3IN4O/c1-24-8-2-4-22(5-3-8)9-6-10(15)20-11-12(9)23(21-13(11)19)7-14(16,17)18/h6,8H,2-5,7H2,1H3. The van der Waals surface area contributed by atoms with Gasteiger partial charge in [-0.05, 0) is 35.4 Å². The molecule has 2 aromatic rings. The van der Waals surface area contributed by atoms with Crippen LogP contribution in [0.15, 0.2) is 6.07 Å². The maximum atomic E-state index is 12.9. The quantitative estimate of drug-likeness (QED) is 0.500. The van der Waals surface area contributed by atoms with Crippen molar-refractivity contribution >= 4 is 50.9 Å². The van der Waals surface area contributed by atoms with Crippen LogP contribution in [0, 0.1) is 3.70 Å². The van der Waals surface area contributed by atoms with Crippen molar-refractivity contribution in [2.45, 2.75) is 31.7 Å². The fourth-order valence-electron chi connectivity index (χ4n) is 2.95. The van der Waals surface area contributed by atoms with Crippen molar-refractivity contribution in [1.82, 2.24) is 14.8 Å². The zero-order valence-corrected chi connectivity index (χ0v) is 15.7. The fourth-order valence-corrected chi connectivity index (χ4v) is 3.78. The number of aromatic nitrogens is 3. The van der Waals surface area contributed by atoms with Crippen LogP contribution >= 0.6 is 34.2 Å². The zero-order valence-electron chi connectivity index (χ0n) is 12.8. The number of anilines is 1. The first-order chi connectivity index (χ1) is 11.3. The maximum Gasteiger partial charge on any atom is 0.408 e. The number of pyridine rings is 1. The van der Waals surface area contributed by atoms with Gasteiger partial charge in [-0.1, -0.05) is 11.6 Å². The van der Waals surface area contributed by atoms with Gasteiger partial charge in [-0.2, -0.15) is 18.3 Å². The van der Waals surface area contributed by atoms with Gasteiger partial charge < -0.3 is 9.64 Å². The van der Waals surface area contributed by atoms with Crippen LogP contribution in [0.3, 0.4) is 0 Å². The van der Waals surface area contributed by atoms with Gasteiger partial charge in [-0.15, -0.1) is 0 Å². The Balaban J connectivity index is 2.06. The van der Waals surface area contributed by atoms with Gasteiger partial charge in [0, 0.05) is 26.3 Å². The van der Waals surface area contributed by atoms with E-state index in [0.29, 0.717) is 33.5 Å². The summed E-state index contributed by atoms with van der Waals surface area (Å²) in [7, 11) is 1.67. The molecule has 0 bridgehead atoms. The van der Waals surface area contributed by atoms with Gasteiger partial charge >= 0.3 is 6.18 Å². The summed E-state index contributed by atoms with van der Waals surface area (Å²) >= 11 is 7.97. The van der Waals surface area contributed by atoms with E-state index in [1.54, 1.807) is 13.2 Å². The lowest BCUT2D eigenvalue weighted by atomic mass is 10.1. The number of hydrogen-bond donors (Lipinski definition) is 0. The van der Waals surface area contributed by atoms with Crippen LogP contribution in [0.25, 0.3) is 11.0 Å². The van der Waals surface area contributed by atoms with Gasteiger partial charge in [0.1, 0.15) is 26.4 Å². The number of rotatable bonds is 3. The van der Waals surface area contributed by atoms with E-state index in [1.165, 1.54) is 0 Å². The van der Waals surface area contributed by atoms with Crippen LogP contribution in [0.2, 0.25) is 5.15 Å². The molecular formula is C14H15ClF3IN4O. The molecule has 1 saturated heterocycles. The van der Waals surface area contributed by atoms with Crippen molar-refractivity contribution in [3.8, 4) is 0 Å². The molecular weight excluding hydrogens is 460 g/mol. The second kappa shape index (κ2) is 6.83. The predicted octanol–water partition coefficient (Wildman–Crippen LogP) is 3.87. The van der Waals surface area contributed by atoms with Crippen LogP contribution in [0.1, 0.15) is 12.8 Å². The number of hydrogen-bond acceptors (Lipinski definition) is 4. The minimum Gasteiger partial charge on any atom is -0.381 e. The first-order valence-electron chi connectivity index (χ1n) is 7.35. The van der Waals surface area contributed by atoms with E-state index in [-0.39, 0.29) is 11.3 Å². The highest BCUT2D eigenvalue weighted by Gasteiger charge is 2.32. The highest BCUT2D eigenvalue weighted by atomic mass is 127. The second-order valence-corrected chi connectivity index (χ2v) is 7.06. The summed E-state index contributed by atoms with van der Waals surface area (Å²) in [5.41, 5.74) is 1.41. The van der Waals surface area contributed by atoms with Crippen molar-refractivity contribution in [3.05, 3.63) is 14.9 Å². The molecule has 5 nitrogen and oxygen atoms in total. The minimum atomic E-state index is -4.36. The lowest BCUT2D eigenvalue weighted by Crippen LogP contribution is -2.37. The molecule has 0 saturated carbocycles. The van der Waals surface area contributed by atoms with Crippen molar-refractivity contribution in [2.24, 2.45) is 0 Å². The molecule has 1 fully saturated rings. The summed E-state index contributed by atoms with van der Waals surface area (Å²) in [5, 5.41) is 4.26. The van der Waals surface area contributed by atoms with E-state index >= 15 is 0 Å². The Morgan fingerprint density at radius 1 is 1.38 bits per heavy atom. The molecule has 1 aliphatic rings. The molecule has 132 valence electrons. The second-order valence-electron chi connectivity index (χ2n) is 5.65. The van der Waals surface area contributed by atoms with E-state index in [9.17, 15) is 13.2 Å². The molecule has 0 aliphatic carbocycles. The summed E-state index contributed by atoms with van der Waals surface area (Å²) in [4.78, 5) is 6.19. The van der Waals surface area contributed by atoms with Gasteiger partial charge in [0.05, 0.1) is 11.8 Å². The first kappa shape index (κ1) is 18.0. The third-order valence-corrected chi connectivity index (χ3v) is 4.97. The summed E-state index contributed by atoms with van der Waals surface area (Å²) in [5.74, 6) is 0. The molecule has 24 heavy (non-hydrogen) atoms. The Morgan fingerprint density at radius 3 is 2.62 bits per heavy atom. The number of halogens is 5. The van der Waals surface area contributed by atoms with E-state index in [2.05, 4.69) is 10.1 Å². The number of nitrogens with zero attached hydrogens (tertiary/aromatic N) is 4. The molecule has 0 aromatic carbocycles. The first-order valence-corrected chi connectivity index (χ1v) is 8.81. The third-order valence-electron chi connectivity index (χ3n) is 4.05. The highest BCUT2D eigenvalue weighted by Crippen LogP contribution is 2.34. The average molecular weight is 475 g/mol. The molecule has 0 spiro atoms. The normalized spacial score (nSPS) is 17.0. The van der Waals surface area contributed by atoms with Crippen LogP contribution in [0.5, 0.6) is 0 Å². The zero-order chi connectivity index (χ0) is 17.5. The van der Waals surface area contributed by atoms with Crippen LogP contribution < -0.4 is 4.90 Å². The van der Waals surface area contributed by atoms with Crippen LogP contribution in [-0.2, 0) is 11.3 Å². The Bertz CT molecular complexity index is 744. The van der Waals surface area contributed by atoms with E-state index in [1.807, 2.05) is 27.5 Å². The Labute approximate surface area is 155 Å². The lowest BCUT2D eigenvalue weighted by Gasteiger charge is -2.33. The summed E-state index contributed by atoms with van der Waals surface area (Å²) < 4.78 is 45.4. The molecule has 10 heteroatoms. The number of fused-ring (bicyclic) bond motifs is 1. The van der Waals surface area contributed by atoms with Crippen molar-refractivity contribution in [1.29, 1.82) is 0 Å². The Kier molecular flexibility index (Phi) is 5.12. The SMILES string of the molecule is COC1CCN(c2cc(Cl)nc3c(I)nn(CC(F)(F)F)c23)CC1. The topological polar surface area (TPSA) is 43.2 Å². The van der Waals surface area contributed by atoms with E-state index in [0.717, 1.165) is 17.5 Å². The number of alkyl halides is 3. The summed E-state index contributed by atoms with van der Waals surface area (Å²) in [6.07, 6.45) is -2.57. The van der Waals surface area contributed by atoms with Gasteiger partial charge in [0.15, 0.2) is 0 Å². The predicted molar refractivity (Wildman–Crippen MR) is 93.6 cm³/mol. The van der Waals surface area contributed by atoms with Crippen LogP contribution in [0.4, 0.5) is 18.9 Å². The van der Waals surface area contributed by atoms with Gasteiger partial charge in [0.2, 0.25) is 0 Å². The number of methoxy groups -OCH3 is 1. The average Bonchev–Trinajstić information content (AvgIpc) is 2.81. The molecule has 0 amide bonds. The highest BCUT2D eigenvalue weighted by molar-refractivity contribution is 14.1. The molecule has 2 aromatic heterocycles. The van der Waals surface area contributed by atoms with E-state index < -0.39 is 12.7 Å². The maximum absolute atomic E-state index is 12.9. The number of piperidine rings is 1. The molecule has 3 heterocycles. The van der Waals surface area contributed by atoms with Gasteiger partial charge in [0.25, 0.3) is 0 Å². The van der Waals surface area contributed by atoms with Gasteiger partial charge in [-0.25, -0.2) is 4.98 Å². The summed E-state index contributed by atoms with van der Waals surface area (Å²) in [6.45, 7) is 0.209. The fraction of sp³-hybridized carbons (Fsp3) is 0.571. The molecule has 0 atom stereocenters. The Hall–Kier alpha value is -0.810. The molecule has 0 radical (unpaired) electrons. The number of ether oxygens (including phenoxy) is 1. The molecule has 0 unspecified atom stereocenters. The van der Waals surface area contributed by atoms with Crippen LogP contribution in [-0.4, -0.2) is 47.2 Å². The largest absolute Gasteiger partial charge is 0.408 e.